The molecule has 1 unspecified atom stereocenters. The van der Waals surface area contributed by atoms with E-state index in [1.54, 1.807) is 7.11 Å². The molecule has 0 amide bonds. The molecule has 1 aromatic heterocycles. The van der Waals surface area contributed by atoms with E-state index >= 15 is 0 Å². The molecule has 0 bridgehead atoms. The summed E-state index contributed by atoms with van der Waals surface area (Å²) in [6, 6.07) is 20.0. The Kier molecular flexibility index (Phi) is 3.42. The van der Waals surface area contributed by atoms with Crippen molar-refractivity contribution >= 4 is 16.8 Å². The van der Waals surface area contributed by atoms with Crippen LogP contribution >= 0.6 is 0 Å². The molecule has 23 heavy (non-hydrogen) atoms. The molecule has 114 valence electrons. The average molecular weight is 304 g/mol. The number of methoxy groups -OCH3 is 1. The predicted molar refractivity (Wildman–Crippen MR) is 90.0 cm³/mol. The van der Waals surface area contributed by atoms with Crippen molar-refractivity contribution in [3.05, 3.63) is 71.9 Å². The van der Waals surface area contributed by atoms with Crippen LogP contribution in [0, 0.1) is 0 Å². The SMILES string of the molecule is COc1cc(C2=NC(c3ccccc3)CO2)nc2ccccc12. The van der Waals surface area contributed by atoms with Gasteiger partial charge in [-0.3, -0.25) is 0 Å². The van der Waals surface area contributed by atoms with E-state index in [0.29, 0.717) is 18.2 Å². The second kappa shape index (κ2) is 5.72. The lowest BCUT2D eigenvalue weighted by molar-refractivity contribution is 0.319. The van der Waals surface area contributed by atoms with E-state index in [1.807, 2.05) is 48.5 Å². The van der Waals surface area contributed by atoms with Gasteiger partial charge in [-0.2, -0.15) is 0 Å². The normalized spacial score (nSPS) is 16.9. The van der Waals surface area contributed by atoms with E-state index < -0.39 is 0 Å². The molecule has 0 spiro atoms. The van der Waals surface area contributed by atoms with Gasteiger partial charge in [0.15, 0.2) is 0 Å². The van der Waals surface area contributed by atoms with Gasteiger partial charge in [0.05, 0.1) is 12.6 Å². The number of nitrogens with zero attached hydrogens (tertiary/aromatic N) is 2. The number of benzene rings is 2. The topological polar surface area (TPSA) is 43.7 Å². The Hall–Kier alpha value is -2.88. The van der Waals surface area contributed by atoms with Gasteiger partial charge in [0.1, 0.15) is 24.1 Å². The number of aromatic nitrogens is 1. The van der Waals surface area contributed by atoms with Gasteiger partial charge < -0.3 is 9.47 Å². The smallest absolute Gasteiger partial charge is 0.236 e. The Morgan fingerprint density at radius 1 is 1.04 bits per heavy atom. The van der Waals surface area contributed by atoms with Crippen LogP contribution in [0.2, 0.25) is 0 Å². The van der Waals surface area contributed by atoms with Crippen LogP contribution in [0.1, 0.15) is 17.3 Å². The molecule has 1 aliphatic rings. The summed E-state index contributed by atoms with van der Waals surface area (Å²) >= 11 is 0. The largest absolute Gasteiger partial charge is 0.496 e. The molecule has 1 atom stereocenters. The molecule has 0 saturated carbocycles. The fraction of sp³-hybridized carbons (Fsp3) is 0.158. The number of hydrogen-bond acceptors (Lipinski definition) is 4. The monoisotopic (exact) mass is 304 g/mol. The fourth-order valence-electron chi connectivity index (χ4n) is 2.78. The Balaban J connectivity index is 1.75. The van der Waals surface area contributed by atoms with Crippen LogP contribution in [-0.2, 0) is 4.74 Å². The van der Waals surface area contributed by atoms with Gasteiger partial charge in [-0.1, -0.05) is 42.5 Å². The number of hydrogen-bond donors (Lipinski definition) is 0. The molecule has 4 rings (SSSR count). The first-order valence-corrected chi connectivity index (χ1v) is 7.55. The summed E-state index contributed by atoms with van der Waals surface area (Å²) in [7, 11) is 1.66. The zero-order valence-corrected chi connectivity index (χ0v) is 12.8. The van der Waals surface area contributed by atoms with E-state index in [1.165, 1.54) is 0 Å². The van der Waals surface area contributed by atoms with Crippen LogP contribution < -0.4 is 4.74 Å². The maximum atomic E-state index is 5.79. The Morgan fingerprint density at radius 2 is 1.83 bits per heavy atom. The van der Waals surface area contributed by atoms with E-state index in [0.717, 1.165) is 22.2 Å². The lowest BCUT2D eigenvalue weighted by Crippen LogP contribution is -2.05. The maximum absolute atomic E-state index is 5.79. The minimum atomic E-state index is 0.0189. The molecule has 4 heteroatoms. The van der Waals surface area contributed by atoms with Crippen LogP contribution in [0.15, 0.2) is 65.7 Å². The molecule has 0 saturated heterocycles. The van der Waals surface area contributed by atoms with E-state index in [4.69, 9.17) is 9.47 Å². The summed E-state index contributed by atoms with van der Waals surface area (Å²) in [5, 5.41) is 0.983. The van der Waals surface area contributed by atoms with Gasteiger partial charge in [0, 0.05) is 11.5 Å². The summed E-state index contributed by atoms with van der Waals surface area (Å²) in [4.78, 5) is 9.35. The summed E-state index contributed by atoms with van der Waals surface area (Å²) < 4.78 is 11.3. The zero-order valence-electron chi connectivity index (χ0n) is 12.8. The molecule has 2 heterocycles. The van der Waals surface area contributed by atoms with Crippen molar-refractivity contribution < 1.29 is 9.47 Å². The molecular weight excluding hydrogens is 288 g/mol. The molecule has 0 radical (unpaired) electrons. The van der Waals surface area contributed by atoms with Crippen molar-refractivity contribution in [3.63, 3.8) is 0 Å². The lowest BCUT2D eigenvalue weighted by atomic mass is 10.1. The number of ether oxygens (including phenoxy) is 2. The number of aliphatic imine (C=N–C) groups is 1. The molecule has 0 N–H and O–H groups in total. The highest BCUT2D eigenvalue weighted by molar-refractivity contribution is 5.97. The molecule has 3 aromatic rings. The van der Waals surface area contributed by atoms with Gasteiger partial charge in [-0.15, -0.1) is 0 Å². The summed E-state index contributed by atoms with van der Waals surface area (Å²) in [6.45, 7) is 0.538. The number of rotatable bonds is 3. The summed E-state index contributed by atoms with van der Waals surface area (Å²) in [5.41, 5.74) is 2.73. The van der Waals surface area contributed by atoms with Crippen LogP contribution in [0.25, 0.3) is 10.9 Å². The average Bonchev–Trinajstić information content (AvgIpc) is 3.11. The third kappa shape index (κ3) is 2.52. The van der Waals surface area contributed by atoms with Gasteiger partial charge in [0.25, 0.3) is 0 Å². The van der Waals surface area contributed by atoms with Gasteiger partial charge in [-0.25, -0.2) is 9.98 Å². The first kappa shape index (κ1) is 13.8. The van der Waals surface area contributed by atoms with E-state index in [9.17, 15) is 0 Å². The number of para-hydroxylation sites is 1. The van der Waals surface area contributed by atoms with Crippen LogP contribution in [0.4, 0.5) is 0 Å². The van der Waals surface area contributed by atoms with E-state index in [-0.39, 0.29) is 6.04 Å². The summed E-state index contributed by atoms with van der Waals surface area (Å²) in [5.74, 6) is 1.35. The van der Waals surface area contributed by atoms with Crippen molar-refractivity contribution in [2.75, 3.05) is 13.7 Å². The molecular formula is C19H16N2O2. The highest BCUT2D eigenvalue weighted by atomic mass is 16.5. The van der Waals surface area contributed by atoms with Crippen LogP contribution in [0.5, 0.6) is 5.75 Å². The number of pyridine rings is 1. The van der Waals surface area contributed by atoms with Crippen molar-refractivity contribution in [3.8, 4) is 5.75 Å². The minimum absolute atomic E-state index is 0.0189. The standard InChI is InChI=1S/C19H16N2O2/c1-22-18-11-16(20-15-10-6-5-9-14(15)18)19-21-17(12-23-19)13-7-3-2-4-8-13/h2-11,17H,12H2,1H3. The Labute approximate surface area is 134 Å². The molecule has 0 fully saturated rings. The first-order chi connectivity index (χ1) is 11.3. The molecule has 2 aromatic carbocycles. The second-order valence-electron chi connectivity index (χ2n) is 5.40. The van der Waals surface area contributed by atoms with Crippen molar-refractivity contribution in [1.29, 1.82) is 0 Å². The molecule has 1 aliphatic heterocycles. The minimum Gasteiger partial charge on any atom is -0.496 e. The lowest BCUT2D eigenvalue weighted by Gasteiger charge is -2.08. The number of fused-ring (bicyclic) bond motifs is 1. The third-order valence-electron chi connectivity index (χ3n) is 3.95. The predicted octanol–water partition coefficient (Wildman–Crippen LogP) is 3.76. The van der Waals surface area contributed by atoms with Gasteiger partial charge >= 0.3 is 0 Å². The van der Waals surface area contributed by atoms with E-state index in [2.05, 4.69) is 22.1 Å². The fourth-order valence-corrected chi connectivity index (χ4v) is 2.78. The first-order valence-electron chi connectivity index (χ1n) is 7.55. The second-order valence-corrected chi connectivity index (χ2v) is 5.40. The molecule has 4 nitrogen and oxygen atoms in total. The third-order valence-corrected chi connectivity index (χ3v) is 3.95. The summed E-state index contributed by atoms with van der Waals surface area (Å²) in [6.07, 6.45) is 0. The quantitative estimate of drug-likeness (QED) is 0.740. The highest BCUT2D eigenvalue weighted by Crippen LogP contribution is 2.29. The van der Waals surface area contributed by atoms with Crippen molar-refractivity contribution in [2.45, 2.75) is 6.04 Å². The molecule has 0 aliphatic carbocycles. The maximum Gasteiger partial charge on any atom is 0.236 e. The van der Waals surface area contributed by atoms with Crippen LogP contribution in [-0.4, -0.2) is 24.6 Å². The van der Waals surface area contributed by atoms with Gasteiger partial charge in [-0.05, 0) is 17.7 Å². The van der Waals surface area contributed by atoms with Crippen molar-refractivity contribution in [1.82, 2.24) is 4.98 Å². The van der Waals surface area contributed by atoms with Crippen molar-refractivity contribution in [2.24, 2.45) is 4.99 Å². The Morgan fingerprint density at radius 3 is 2.65 bits per heavy atom. The zero-order chi connectivity index (χ0) is 15.6. The Bertz CT molecular complexity index is 875. The van der Waals surface area contributed by atoms with Gasteiger partial charge in [0.2, 0.25) is 5.90 Å². The van der Waals surface area contributed by atoms with Crippen LogP contribution in [0.3, 0.4) is 0 Å². The highest BCUT2D eigenvalue weighted by Gasteiger charge is 2.23.